The van der Waals surface area contributed by atoms with Crippen LogP contribution in [0.5, 0.6) is 0 Å². The summed E-state index contributed by atoms with van der Waals surface area (Å²) in [4.78, 5) is 5.19. The summed E-state index contributed by atoms with van der Waals surface area (Å²) in [6, 6.07) is 0.746. The minimum atomic E-state index is 0.746. The highest BCUT2D eigenvalue weighted by atomic mass is 15.2. The average molecular weight is 267 g/mol. The lowest BCUT2D eigenvalue weighted by Gasteiger charge is -2.33. The maximum absolute atomic E-state index is 3.43. The lowest BCUT2D eigenvalue weighted by molar-refractivity contribution is 0.162. The number of rotatable bonds is 7. The molecule has 2 rings (SSSR count). The van der Waals surface area contributed by atoms with Crippen LogP contribution in [0.1, 0.15) is 45.4 Å². The Balaban J connectivity index is 1.55. The molecule has 1 N–H and O–H groups in total. The summed E-state index contributed by atoms with van der Waals surface area (Å²) in [6.45, 7) is 9.76. The van der Waals surface area contributed by atoms with Gasteiger partial charge in [-0.2, -0.15) is 0 Å². The molecule has 1 unspecified atom stereocenters. The van der Waals surface area contributed by atoms with Crippen molar-refractivity contribution < 1.29 is 0 Å². The molecule has 0 amide bonds. The van der Waals surface area contributed by atoms with E-state index >= 15 is 0 Å². The van der Waals surface area contributed by atoms with Crippen LogP contribution in [0.4, 0.5) is 0 Å². The van der Waals surface area contributed by atoms with Gasteiger partial charge in [0, 0.05) is 32.2 Å². The Morgan fingerprint density at radius 1 is 1.16 bits per heavy atom. The van der Waals surface area contributed by atoms with Crippen molar-refractivity contribution in [1.29, 1.82) is 0 Å². The second-order valence-electron chi connectivity index (χ2n) is 6.67. The molecule has 0 spiro atoms. The van der Waals surface area contributed by atoms with Gasteiger partial charge in [0.25, 0.3) is 0 Å². The van der Waals surface area contributed by atoms with Crippen molar-refractivity contribution in [2.75, 3.05) is 46.3 Å². The molecule has 0 bridgehead atoms. The van der Waals surface area contributed by atoms with Crippen LogP contribution in [0.3, 0.4) is 0 Å². The zero-order valence-corrected chi connectivity index (χ0v) is 13.0. The van der Waals surface area contributed by atoms with Crippen LogP contribution in [-0.2, 0) is 0 Å². The van der Waals surface area contributed by atoms with Crippen molar-refractivity contribution >= 4 is 0 Å². The van der Waals surface area contributed by atoms with Gasteiger partial charge in [-0.15, -0.1) is 0 Å². The minimum absolute atomic E-state index is 0.746. The molecule has 2 fully saturated rings. The molecule has 3 heteroatoms. The third-order valence-electron chi connectivity index (χ3n) is 5.10. The maximum atomic E-state index is 3.43. The summed E-state index contributed by atoms with van der Waals surface area (Å²) < 4.78 is 0. The van der Waals surface area contributed by atoms with Gasteiger partial charge in [-0.3, -0.25) is 4.90 Å². The summed E-state index contributed by atoms with van der Waals surface area (Å²) in [7, 11) is 2.30. The van der Waals surface area contributed by atoms with E-state index in [4.69, 9.17) is 0 Å². The van der Waals surface area contributed by atoms with Crippen LogP contribution < -0.4 is 5.32 Å². The largest absolute Gasteiger partial charge is 0.314 e. The number of nitrogens with one attached hydrogen (secondary N) is 1. The van der Waals surface area contributed by atoms with Crippen LogP contribution >= 0.6 is 0 Å². The molecule has 0 radical (unpaired) electrons. The Bertz CT molecular complexity index is 232. The SMILES string of the molecule is CC(CCN(C)CCC1CCCC1)N1CCNCC1. The summed E-state index contributed by atoms with van der Waals surface area (Å²) >= 11 is 0. The lowest BCUT2D eigenvalue weighted by Crippen LogP contribution is -2.48. The quantitative estimate of drug-likeness (QED) is 0.763. The van der Waals surface area contributed by atoms with Crippen molar-refractivity contribution in [1.82, 2.24) is 15.1 Å². The fraction of sp³-hybridized carbons (Fsp3) is 1.00. The molecule has 1 saturated heterocycles. The third kappa shape index (κ3) is 5.41. The third-order valence-corrected chi connectivity index (χ3v) is 5.10. The molecule has 0 aromatic carbocycles. The van der Waals surface area contributed by atoms with Gasteiger partial charge in [-0.25, -0.2) is 0 Å². The topological polar surface area (TPSA) is 18.5 Å². The molecule has 19 heavy (non-hydrogen) atoms. The predicted octanol–water partition coefficient (Wildman–Crippen LogP) is 2.18. The molecule has 0 aromatic heterocycles. The zero-order chi connectivity index (χ0) is 13.5. The zero-order valence-electron chi connectivity index (χ0n) is 13.0. The fourth-order valence-electron chi connectivity index (χ4n) is 3.53. The molecule has 1 aliphatic carbocycles. The molecule has 112 valence electrons. The van der Waals surface area contributed by atoms with Gasteiger partial charge in [-0.05, 0) is 45.8 Å². The van der Waals surface area contributed by atoms with Gasteiger partial charge in [-0.1, -0.05) is 25.7 Å². The summed E-state index contributed by atoms with van der Waals surface area (Å²) in [5.74, 6) is 1.04. The number of nitrogens with zero attached hydrogens (tertiary/aromatic N) is 2. The molecule has 1 saturated carbocycles. The first-order valence-electron chi connectivity index (χ1n) is 8.39. The van der Waals surface area contributed by atoms with Gasteiger partial charge in [0.15, 0.2) is 0 Å². The standard InChI is InChI=1S/C16H33N3/c1-15(19-13-9-17-10-14-19)7-11-18(2)12-8-16-5-3-4-6-16/h15-17H,3-14H2,1-2H3. The Hall–Kier alpha value is -0.120. The van der Waals surface area contributed by atoms with Crippen molar-refractivity contribution in [2.45, 2.75) is 51.5 Å². The molecular formula is C16H33N3. The van der Waals surface area contributed by atoms with Gasteiger partial charge in [0.1, 0.15) is 0 Å². The van der Waals surface area contributed by atoms with Gasteiger partial charge in [0.2, 0.25) is 0 Å². The van der Waals surface area contributed by atoms with Crippen molar-refractivity contribution in [3.05, 3.63) is 0 Å². The van der Waals surface area contributed by atoms with E-state index in [-0.39, 0.29) is 0 Å². The van der Waals surface area contributed by atoms with Gasteiger partial charge < -0.3 is 10.2 Å². The normalized spacial score (nSPS) is 24.2. The van der Waals surface area contributed by atoms with E-state index < -0.39 is 0 Å². The molecule has 1 heterocycles. The molecule has 2 aliphatic rings. The highest BCUT2D eigenvalue weighted by molar-refractivity contribution is 4.75. The van der Waals surface area contributed by atoms with Crippen molar-refractivity contribution in [3.63, 3.8) is 0 Å². The van der Waals surface area contributed by atoms with Crippen LogP contribution in [0.15, 0.2) is 0 Å². The summed E-state index contributed by atoms with van der Waals surface area (Å²) in [5.41, 5.74) is 0. The van der Waals surface area contributed by atoms with E-state index in [2.05, 4.69) is 29.1 Å². The van der Waals surface area contributed by atoms with E-state index in [0.717, 1.165) is 12.0 Å². The highest BCUT2D eigenvalue weighted by Gasteiger charge is 2.18. The van der Waals surface area contributed by atoms with Crippen molar-refractivity contribution in [3.8, 4) is 0 Å². The molecule has 1 aliphatic heterocycles. The fourth-order valence-corrected chi connectivity index (χ4v) is 3.53. The van der Waals surface area contributed by atoms with E-state index in [1.54, 1.807) is 0 Å². The molecule has 1 atom stereocenters. The van der Waals surface area contributed by atoms with Crippen LogP contribution in [0.2, 0.25) is 0 Å². The highest BCUT2D eigenvalue weighted by Crippen LogP contribution is 2.27. The van der Waals surface area contributed by atoms with Crippen LogP contribution in [0.25, 0.3) is 0 Å². The monoisotopic (exact) mass is 267 g/mol. The van der Waals surface area contributed by atoms with Gasteiger partial charge >= 0.3 is 0 Å². The molecule has 3 nitrogen and oxygen atoms in total. The number of hydrogen-bond donors (Lipinski definition) is 1. The minimum Gasteiger partial charge on any atom is -0.314 e. The molecule has 0 aromatic rings. The van der Waals surface area contributed by atoms with E-state index in [1.165, 1.54) is 77.8 Å². The second kappa shape index (κ2) is 8.23. The average Bonchev–Trinajstić information content (AvgIpc) is 2.96. The summed E-state index contributed by atoms with van der Waals surface area (Å²) in [6.07, 6.45) is 8.69. The predicted molar refractivity (Wildman–Crippen MR) is 82.6 cm³/mol. The summed E-state index contributed by atoms with van der Waals surface area (Å²) in [5, 5.41) is 3.43. The number of piperazine rings is 1. The first kappa shape index (κ1) is 15.3. The van der Waals surface area contributed by atoms with E-state index in [0.29, 0.717) is 0 Å². The van der Waals surface area contributed by atoms with Crippen LogP contribution in [0, 0.1) is 5.92 Å². The van der Waals surface area contributed by atoms with E-state index in [9.17, 15) is 0 Å². The Morgan fingerprint density at radius 2 is 1.84 bits per heavy atom. The molecular weight excluding hydrogens is 234 g/mol. The lowest BCUT2D eigenvalue weighted by atomic mass is 10.0. The number of hydrogen-bond acceptors (Lipinski definition) is 3. The Labute approximate surface area is 119 Å². The first-order valence-corrected chi connectivity index (χ1v) is 8.39. The van der Waals surface area contributed by atoms with Crippen molar-refractivity contribution in [2.24, 2.45) is 5.92 Å². The Kier molecular flexibility index (Phi) is 6.62. The smallest absolute Gasteiger partial charge is 0.0110 e. The van der Waals surface area contributed by atoms with Gasteiger partial charge in [0.05, 0.1) is 0 Å². The second-order valence-corrected chi connectivity index (χ2v) is 6.67. The maximum Gasteiger partial charge on any atom is 0.0110 e. The first-order chi connectivity index (χ1) is 9.25. The van der Waals surface area contributed by atoms with Crippen LogP contribution in [-0.4, -0.2) is 62.2 Å². The van der Waals surface area contributed by atoms with E-state index in [1.807, 2.05) is 0 Å². The Morgan fingerprint density at radius 3 is 2.53 bits per heavy atom.